The minimum Gasteiger partial charge on any atom is -0.477 e. The summed E-state index contributed by atoms with van der Waals surface area (Å²) in [4.78, 5) is 25.9. The Morgan fingerprint density at radius 3 is 2.62 bits per heavy atom. The molecule has 0 fully saturated rings. The van der Waals surface area contributed by atoms with Gasteiger partial charge in [-0.2, -0.15) is 0 Å². The maximum Gasteiger partial charge on any atom is 0.407 e. The van der Waals surface area contributed by atoms with E-state index in [0.29, 0.717) is 18.5 Å². The molecule has 1 aromatic carbocycles. The van der Waals surface area contributed by atoms with E-state index in [-0.39, 0.29) is 12.3 Å². The maximum absolute atomic E-state index is 11.5. The summed E-state index contributed by atoms with van der Waals surface area (Å²) < 4.78 is 5.06. The van der Waals surface area contributed by atoms with Crippen LogP contribution in [0, 0.1) is 11.8 Å². The number of pyridine rings is 1. The number of nitrogens with zero attached hydrogens (tertiary/aromatic N) is 1. The molecule has 0 aliphatic carbocycles. The maximum atomic E-state index is 11.5. The first-order valence-corrected chi connectivity index (χ1v) is 7.28. The Balaban J connectivity index is 1.67. The number of benzene rings is 1. The molecule has 122 valence electrons. The van der Waals surface area contributed by atoms with Crippen LogP contribution in [0.25, 0.3) is 0 Å². The summed E-state index contributed by atoms with van der Waals surface area (Å²) in [7, 11) is 0. The van der Waals surface area contributed by atoms with Crippen molar-refractivity contribution >= 4 is 12.1 Å². The highest BCUT2D eigenvalue weighted by Crippen LogP contribution is 2.00. The van der Waals surface area contributed by atoms with E-state index in [0.717, 1.165) is 5.56 Å². The van der Waals surface area contributed by atoms with Crippen LogP contribution in [-0.2, 0) is 11.3 Å². The predicted molar refractivity (Wildman–Crippen MR) is 87.3 cm³/mol. The molecular formula is C18H16N2O4. The summed E-state index contributed by atoms with van der Waals surface area (Å²) in [6, 6.07) is 12.4. The van der Waals surface area contributed by atoms with Gasteiger partial charge < -0.3 is 15.2 Å². The second-order valence-electron chi connectivity index (χ2n) is 4.78. The third-order valence-corrected chi connectivity index (χ3v) is 2.95. The molecule has 0 saturated heterocycles. The summed E-state index contributed by atoms with van der Waals surface area (Å²) >= 11 is 0. The molecule has 1 aromatic heterocycles. The first kappa shape index (κ1) is 17.0. The van der Waals surface area contributed by atoms with Crippen molar-refractivity contribution < 1.29 is 19.4 Å². The molecule has 6 nitrogen and oxygen atoms in total. The summed E-state index contributed by atoms with van der Waals surface area (Å²) in [5.41, 5.74) is 1.51. The van der Waals surface area contributed by atoms with E-state index >= 15 is 0 Å². The van der Waals surface area contributed by atoms with Crippen molar-refractivity contribution in [2.75, 3.05) is 6.54 Å². The Bertz CT molecular complexity index is 746. The molecule has 0 aliphatic rings. The van der Waals surface area contributed by atoms with Crippen molar-refractivity contribution in [3.05, 3.63) is 65.5 Å². The molecule has 0 spiro atoms. The minimum absolute atomic E-state index is 0.0246. The predicted octanol–water partition coefficient (Wildman–Crippen LogP) is 2.45. The molecule has 2 N–H and O–H groups in total. The van der Waals surface area contributed by atoms with Crippen molar-refractivity contribution in [1.29, 1.82) is 0 Å². The molecular weight excluding hydrogens is 308 g/mol. The molecule has 1 heterocycles. The Kier molecular flexibility index (Phi) is 6.35. The van der Waals surface area contributed by atoms with E-state index < -0.39 is 12.1 Å². The molecule has 24 heavy (non-hydrogen) atoms. The summed E-state index contributed by atoms with van der Waals surface area (Å²) in [5.74, 6) is 4.64. The highest BCUT2D eigenvalue weighted by Gasteiger charge is 2.02. The fourth-order valence-electron chi connectivity index (χ4n) is 1.76. The van der Waals surface area contributed by atoms with Crippen LogP contribution in [0.4, 0.5) is 4.79 Å². The molecule has 6 heteroatoms. The van der Waals surface area contributed by atoms with Gasteiger partial charge in [0.05, 0.1) is 0 Å². The normalized spacial score (nSPS) is 9.50. The van der Waals surface area contributed by atoms with Crippen LogP contribution in [0.2, 0.25) is 0 Å². The smallest absolute Gasteiger partial charge is 0.407 e. The summed E-state index contributed by atoms with van der Waals surface area (Å²) in [6.45, 7) is 0.585. The van der Waals surface area contributed by atoms with E-state index in [1.165, 1.54) is 12.3 Å². The fourth-order valence-corrected chi connectivity index (χ4v) is 1.76. The van der Waals surface area contributed by atoms with Gasteiger partial charge in [0.15, 0.2) is 0 Å². The number of ether oxygens (including phenoxy) is 1. The van der Waals surface area contributed by atoms with Crippen LogP contribution < -0.4 is 5.32 Å². The number of hydrogen-bond acceptors (Lipinski definition) is 4. The quantitative estimate of drug-likeness (QED) is 0.651. The molecule has 1 amide bonds. The molecule has 0 saturated carbocycles. The lowest BCUT2D eigenvalue weighted by Gasteiger charge is -2.05. The van der Waals surface area contributed by atoms with E-state index in [1.54, 1.807) is 6.07 Å². The largest absolute Gasteiger partial charge is 0.477 e. The monoisotopic (exact) mass is 324 g/mol. The Labute approximate surface area is 139 Å². The zero-order valence-corrected chi connectivity index (χ0v) is 12.9. The second-order valence-corrected chi connectivity index (χ2v) is 4.78. The number of alkyl carbamates (subject to hydrolysis) is 1. The van der Waals surface area contributed by atoms with Crippen LogP contribution in [0.15, 0.2) is 48.7 Å². The number of carbonyl (C=O) groups excluding carboxylic acids is 1. The number of carbonyl (C=O) groups is 2. The topological polar surface area (TPSA) is 88.5 Å². The molecule has 0 bridgehead atoms. The molecule has 0 atom stereocenters. The fraction of sp³-hybridized carbons (Fsp3) is 0.167. The molecule has 0 radical (unpaired) electrons. The number of carboxylic acids is 1. The van der Waals surface area contributed by atoms with E-state index in [9.17, 15) is 9.59 Å². The van der Waals surface area contributed by atoms with E-state index in [4.69, 9.17) is 9.84 Å². The lowest BCUT2D eigenvalue weighted by molar-refractivity contribution is 0.0690. The molecule has 0 aliphatic heterocycles. The van der Waals surface area contributed by atoms with Gasteiger partial charge >= 0.3 is 12.1 Å². The first-order chi connectivity index (χ1) is 11.6. The van der Waals surface area contributed by atoms with Gasteiger partial charge in [0.2, 0.25) is 0 Å². The second kappa shape index (κ2) is 8.96. The SMILES string of the molecule is O=C(NCCC#Cc1ccc(C(=O)O)nc1)OCc1ccccc1. The lowest BCUT2D eigenvalue weighted by atomic mass is 10.2. The molecule has 2 rings (SSSR count). The third kappa shape index (κ3) is 5.81. The van der Waals surface area contributed by atoms with Gasteiger partial charge in [-0.25, -0.2) is 14.6 Å². The van der Waals surface area contributed by atoms with Crippen molar-refractivity contribution in [3.8, 4) is 11.8 Å². The van der Waals surface area contributed by atoms with Gasteiger partial charge in [0.1, 0.15) is 12.3 Å². The Morgan fingerprint density at radius 1 is 1.17 bits per heavy atom. The minimum atomic E-state index is -1.08. The van der Waals surface area contributed by atoms with Gasteiger partial charge in [0, 0.05) is 24.7 Å². The number of hydrogen-bond donors (Lipinski definition) is 2. The van der Waals surface area contributed by atoms with Gasteiger partial charge in [-0.15, -0.1) is 0 Å². The highest BCUT2D eigenvalue weighted by atomic mass is 16.5. The average Bonchev–Trinajstić information content (AvgIpc) is 2.61. The van der Waals surface area contributed by atoms with Crippen LogP contribution in [-0.4, -0.2) is 28.7 Å². The van der Waals surface area contributed by atoms with Crippen LogP contribution in [0.5, 0.6) is 0 Å². The first-order valence-electron chi connectivity index (χ1n) is 7.28. The van der Waals surface area contributed by atoms with Gasteiger partial charge in [-0.1, -0.05) is 42.2 Å². The van der Waals surface area contributed by atoms with Gasteiger partial charge in [-0.3, -0.25) is 0 Å². The number of rotatable bonds is 5. The van der Waals surface area contributed by atoms with Crippen molar-refractivity contribution in [2.24, 2.45) is 0 Å². The number of nitrogens with one attached hydrogen (secondary N) is 1. The third-order valence-electron chi connectivity index (χ3n) is 2.95. The average molecular weight is 324 g/mol. The number of aromatic nitrogens is 1. The zero-order chi connectivity index (χ0) is 17.2. The van der Waals surface area contributed by atoms with E-state index in [1.807, 2.05) is 30.3 Å². The van der Waals surface area contributed by atoms with Crippen molar-refractivity contribution in [1.82, 2.24) is 10.3 Å². The Morgan fingerprint density at radius 2 is 1.96 bits per heavy atom. The van der Waals surface area contributed by atoms with Gasteiger partial charge in [0.25, 0.3) is 0 Å². The number of amides is 1. The van der Waals surface area contributed by atoms with Crippen LogP contribution >= 0.6 is 0 Å². The van der Waals surface area contributed by atoms with Gasteiger partial charge in [-0.05, 0) is 17.7 Å². The lowest BCUT2D eigenvalue weighted by Crippen LogP contribution is -2.24. The number of carboxylic acid groups (broad SMARTS) is 1. The zero-order valence-electron chi connectivity index (χ0n) is 12.9. The Hall–Kier alpha value is -3.33. The summed E-state index contributed by atoms with van der Waals surface area (Å²) in [5, 5.41) is 11.3. The number of aromatic carboxylic acids is 1. The van der Waals surface area contributed by atoms with Crippen molar-refractivity contribution in [3.63, 3.8) is 0 Å². The molecule has 2 aromatic rings. The summed E-state index contributed by atoms with van der Waals surface area (Å²) in [6.07, 6.45) is 1.35. The van der Waals surface area contributed by atoms with E-state index in [2.05, 4.69) is 22.1 Å². The molecule has 0 unspecified atom stereocenters. The standard InChI is InChI=1S/C18H16N2O4/c21-17(22)16-10-9-14(12-20-16)6-4-5-11-19-18(23)24-13-15-7-2-1-3-8-15/h1-3,7-10,12H,5,11,13H2,(H,19,23)(H,21,22). The van der Waals surface area contributed by atoms with Crippen molar-refractivity contribution in [2.45, 2.75) is 13.0 Å². The van der Waals surface area contributed by atoms with Crippen LogP contribution in [0.1, 0.15) is 28.0 Å². The highest BCUT2D eigenvalue weighted by molar-refractivity contribution is 5.85. The van der Waals surface area contributed by atoms with Crippen LogP contribution in [0.3, 0.4) is 0 Å².